The molecule has 1 unspecified atom stereocenters. The van der Waals surface area contributed by atoms with Gasteiger partial charge in [-0.3, -0.25) is 0 Å². The van der Waals surface area contributed by atoms with Crippen LogP contribution in [0.3, 0.4) is 0 Å². The molecule has 0 spiro atoms. The second-order valence-corrected chi connectivity index (χ2v) is 4.75. The number of hydrogen-bond donors (Lipinski definition) is 1. The molecule has 0 amide bonds. The Hall–Kier alpha value is -1.58. The molecule has 0 saturated heterocycles. The minimum atomic E-state index is -0.438. The van der Waals surface area contributed by atoms with E-state index in [1.54, 1.807) is 18.0 Å². The van der Waals surface area contributed by atoms with Crippen molar-refractivity contribution in [1.82, 2.24) is 4.98 Å². The average molecular weight is 257 g/mol. The van der Waals surface area contributed by atoms with Crippen LogP contribution in [0.15, 0.2) is 71.2 Å². The maximum atomic E-state index is 9.94. The van der Waals surface area contributed by atoms with E-state index in [0.717, 1.165) is 10.6 Å². The van der Waals surface area contributed by atoms with E-state index in [1.807, 2.05) is 60.0 Å². The van der Waals surface area contributed by atoms with E-state index in [1.165, 1.54) is 0 Å². The van der Waals surface area contributed by atoms with E-state index in [0.29, 0.717) is 6.42 Å². The van der Waals surface area contributed by atoms with E-state index in [-0.39, 0.29) is 0 Å². The summed E-state index contributed by atoms with van der Waals surface area (Å²) in [6.45, 7) is 0. The molecule has 0 aliphatic carbocycles. The number of thioether (sulfide) groups is 1. The Morgan fingerprint density at radius 3 is 2.61 bits per heavy atom. The van der Waals surface area contributed by atoms with Gasteiger partial charge in [0.25, 0.3) is 0 Å². The molecule has 1 aromatic carbocycles. The van der Waals surface area contributed by atoms with E-state index in [9.17, 15) is 5.11 Å². The van der Waals surface area contributed by atoms with Gasteiger partial charge in [0.15, 0.2) is 0 Å². The van der Waals surface area contributed by atoms with Crippen molar-refractivity contribution in [3.63, 3.8) is 0 Å². The summed E-state index contributed by atoms with van der Waals surface area (Å²) in [7, 11) is 0. The zero-order valence-corrected chi connectivity index (χ0v) is 10.8. The second-order valence-electron chi connectivity index (χ2n) is 3.82. The minimum absolute atomic E-state index is 0.438. The summed E-state index contributed by atoms with van der Waals surface area (Å²) in [5.41, 5.74) is 0.949. The lowest BCUT2D eigenvalue weighted by atomic mass is 10.1. The highest BCUT2D eigenvalue weighted by atomic mass is 32.2. The number of rotatable bonds is 5. The lowest BCUT2D eigenvalue weighted by Crippen LogP contribution is -1.94. The predicted molar refractivity (Wildman–Crippen MR) is 75.3 cm³/mol. The number of hydrogen-bond acceptors (Lipinski definition) is 3. The van der Waals surface area contributed by atoms with E-state index in [4.69, 9.17) is 0 Å². The third kappa shape index (κ3) is 4.02. The van der Waals surface area contributed by atoms with Gasteiger partial charge in [-0.2, -0.15) is 0 Å². The van der Waals surface area contributed by atoms with Gasteiger partial charge in [0.2, 0.25) is 0 Å². The molecule has 2 aromatic rings. The number of nitrogens with zero attached hydrogens (tertiary/aromatic N) is 1. The molecule has 0 aliphatic rings. The quantitative estimate of drug-likeness (QED) is 0.827. The van der Waals surface area contributed by atoms with Crippen molar-refractivity contribution in [2.75, 3.05) is 0 Å². The zero-order chi connectivity index (χ0) is 12.6. The molecule has 0 aliphatic heterocycles. The van der Waals surface area contributed by atoms with Crippen LogP contribution in [0.5, 0.6) is 0 Å². The lowest BCUT2D eigenvalue weighted by Gasteiger charge is -2.07. The van der Waals surface area contributed by atoms with Gasteiger partial charge in [-0.15, -0.1) is 0 Å². The molecule has 0 fully saturated rings. The van der Waals surface area contributed by atoms with Crippen molar-refractivity contribution >= 4 is 11.8 Å². The van der Waals surface area contributed by atoms with Gasteiger partial charge in [-0.25, -0.2) is 4.98 Å². The summed E-state index contributed by atoms with van der Waals surface area (Å²) in [6, 6.07) is 15.5. The average Bonchev–Trinajstić information content (AvgIpc) is 2.45. The van der Waals surface area contributed by atoms with Gasteiger partial charge in [-0.05, 0) is 29.5 Å². The van der Waals surface area contributed by atoms with Crippen LogP contribution in [0.4, 0.5) is 0 Å². The predicted octanol–water partition coefficient (Wildman–Crippen LogP) is 3.81. The normalized spacial score (nSPS) is 12.7. The molecule has 18 heavy (non-hydrogen) atoms. The Bertz CT molecular complexity index is 484. The minimum Gasteiger partial charge on any atom is -0.388 e. The highest BCUT2D eigenvalue weighted by molar-refractivity contribution is 8.02. The number of aliphatic hydroxyl groups is 1. The molecular weight excluding hydrogens is 242 g/mol. The largest absolute Gasteiger partial charge is 0.388 e. The Labute approximate surface area is 111 Å². The summed E-state index contributed by atoms with van der Waals surface area (Å²) >= 11 is 1.55. The maximum absolute atomic E-state index is 9.94. The van der Waals surface area contributed by atoms with Crippen molar-refractivity contribution in [2.24, 2.45) is 0 Å². The Morgan fingerprint density at radius 2 is 1.89 bits per heavy atom. The third-order valence-corrected chi connectivity index (χ3v) is 3.28. The molecule has 3 heteroatoms. The van der Waals surface area contributed by atoms with Crippen molar-refractivity contribution < 1.29 is 5.11 Å². The van der Waals surface area contributed by atoms with Crippen LogP contribution >= 0.6 is 11.8 Å². The molecule has 92 valence electrons. The van der Waals surface area contributed by atoms with Crippen molar-refractivity contribution in [3.05, 3.63) is 71.8 Å². The maximum Gasteiger partial charge on any atom is 0.100 e. The van der Waals surface area contributed by atoms with Crippen LogP contribution in [0.25, 0.3) is 0 Å². The second kappa shape index (κ2) is 6.99. The molecule has 1 aromatic heterocycles. The Kier molecular flexibility index (Phi) is 5.00. The van der Waals surface area contributed by atoms with E-state index >= 15 is 0 Å². The molecule has 1 atom stereocenters. The fourth-order valence-electron chi connectivity index (χ4n) is 1.53. The summed E-state index contributed by atoms with van der Waals surface area (Å²) < 4.78 is 0. The number of pyridine rings is 1. The van der Waals surface area contributed by atoms with Crippen LogP contribution in [0, 0.1) is 0 Å². The number of aliphatic hydroxyl groups excluding tert-OH is 1. The van der Waals surface area contributed by atoms with E-state index in [2.05, 4.69) is 4.98 Å². The monoisotopic (exact) mass is 257 g/mol. The molecule has 0 saturated carbocycles. The van der Waals surface area contributed by atoms with Crippen molar-refractivity contribution in [2.45, 2.75) is 17.6 Å². The first-order valence-corrected chi connectivity index (χ1v) is 6.70. The van der Waals surface area contributed by atoms with Gasteiger partial charge in [-0.1, -0.05) is 54.2 Å². The third-order valence-electron chi connectivity index (χ3n) is 2.47. The SMILES string of the molecule is OC(C/C=C\Sc1ccccn1)c1ccccc1. The molecule has 0 bridgehead atoms. The fraction of sp³-hybridized carbons (Fsp3) is 0.133. The van der Waals surface area contributed by atoms with E-state index < -0.39 is 6.10 Å². The summed E-state index contributed by atoms with van der Waals surface area (Å²) in [6.07, 6.45) is 3.92. The molecule has 2 nitrogen and oxygen atoms in total. The zero-order valence-electron chi connectivity index (χ0n) is 9.94. The molecule has 1 N–H and O–H groups in total. The number of aromatic nitrogens is 1. The first-order valence-electron chi connectivity index (χ1n) is 5.82. The standard InChI is InChI=1S/C15H15NOS/c17-14(13-7-2-1-3-8-13)9-6-12-18-15-10-4-5-11-16-15/h1-8,10-12,14,17H,9H2/b12-6-. The van der Waals surface area contributed by atoms with Gasteiger partial charge in [0.1, 0.15) is 5.03 Å². The van der Waals surface area contributed by atoms with Crippen molar-refractivity contribution in [3.8, 4) is 0 Å². The highest BCUT2D eigenvalue weighted by Crippen LogP contribution is 2.19. The molecule has 2 rings (SSSR count). The topological polar surface area (TPSA) is 33.1 Å². The summed E-state index contributed by atoms with van der Waals surface area (Å²) in [5, 5.41) is 12.9. The van der Waals surface area contributed by atoms with Gasteiger partial charge < -0.3 is 5.11 Å². The van der Waals surface area contributed by atoms with Gasteiger partial charge >= 0.3 is 0 Å². The van der Waals surface area contributed by atoms with Crippen LogP contribution in [0.2, 0.25) is 0 Å². The molecule has 1 heterocycles. The summed E-state index contributed by atoms with van der Waals surface area (Å²) in [4.78, 5) is 4.20. The molecular formula is C15H15NOS. The first-order chi connectivity index (χ1) is 8.86. The molecule has 0 radical (unpaired) electrons. The van der Waals surface area contributed by atoms with Crippen LogP contribution in [-0.4, -0.2) is 10.1 Å². The number of benzene rings is 1. The summed E-state index contributed by atoms with van der Waals surface area (Å²) in [5.74, 6) is 0. The Morgan fingerprint density at radius 1 is 1.11 bits per heavy atom. The first kappa shape index (κ1) is 12.9. The van der Waals surface area contributed by atoms with Crippen LogP contribution < -0.4 is 0 Å². The van der Waals surface area contributed by atoms with Crippen LogP contribution in [0.1, 0.15) is 18.1 Å². The lowest BCUT2D eigenvalue weighted by molar-refractivity contribution is 0.181. The van der Waals surface area contributed by atoms with Gasteiger partial charge in [0.05, 0.1) is 6.10 Å². The highest BCUT2D eigenvalue weighted by Gasteiger charge is 2.03. The fourth-order valence-corrected chi connectivity index (χ4v) is 2.16. The van der Waals surface area contributed by atoms with Crippen molar-refractivity contribution in [1.29, 1.82) is 0 Å². The Balaban J connectivity index is 1.81. The smallest absolute Gasteiger partial charge is 0.100 e. The van der Waals surface area contributed by atoms with Gasteiger partial charge in [0, 0.05) is 6.20 Å². The van der Waals surface area contributed by atoms with Crippen LogP contribution in [-0.2, 0) is 0 Å².